The third-order valence-electron chi connectivity index (χ3n) is 8.04. The van der Waals surface area contributed by atoms with Crippen molar-refractivity contribution in [2.45, 2.75) is 116 Å². The van der Waals surface area contributed by atoms with E-state index in [-0.39, 0.29) is 5.56 Å². The molecule has 1 unspecified atom stereocenters. The van der Waals surface area contributed by atoms with E-state index in [2.05, 4.69) is 0 Å². The molecule has 1 aliphatic heterocycles. The molecule has 316 valence electrons. The molecule has 0 bridgehead atoms. The molecule has 1 aromatic rings. The number of ether oxygens (including phenoxy) is 2. The van der Waals surface area contributed by atoms with Crippen LogP contribution >= 0.6 is 0 Å². The van der Waals surface area contributed by atoms with Gasteiger partial charge in [0, 0.05) is 24.8 Å². The van der Waals surface area contributed by atoms with Gasteiger partial charge in [-0.25, -0.2) is 0 Å². The quantitative estimate of drug-likeness (QED) is 0.164. The van der Waals surface area contributed by atoms with Gasteiger partial charge in [-0.1, -0.05) is 30.3 Å². The van der Waals surface area contributed by atoms with Crippen molar-refractivity contribution in [1.82, 2.24) is 0 Å². The molecule has 0 amide bonds. The molecule has 0 spiro atoms. The molecule has 0 radical (unpaired) electrons. The van der Waals surface area contributed by atoms with Crippen molar-refractivity contribution >= 4 is 0 Å². The van der Waals surface area contributed by atoms with E-state index >= 15 is 0 Å². The van der Waals surface area contributed by atoms with Gasteiger partial charge in [0.25, 0.3) is 0 Å². The van der Waals surface area contributed by atoms with Crippen LogP contribution in [-0.2, 0) is 9.47 Å². The molecule has 0 aliphatic carbocycles. The Bertz CT molecular complexity index is 1350. The number of halogens is 26. The third-order valence-corrected chi connectivity index (χ3v) is 8.04. The zero-order chi connectivity index (χ0) is 42.8. The van der Waals surface area contributed by atoms with E-state index in [0.29, 0.717) is 0 Å². The fraction of sp³-hybridized carbons (Fsp3) is 0.769. The number of alkyl halides is 26. The van der Waals surface area contributed by atoms with Crippen molar-refractivity contribution < 1.29 is 124 Å². The molecule has 1 heterocycles. The van der Waals surface area contributed by atoms with Crippen LogP contribution in [0.4, 0.5) is 114 Å². The Morgan fingerprint density at radius 3 is 1.07 bits per heavy atom. The number of hydrogen-bond acceptors (Lipinski definition) is 2. The fourth-order valence-corrected chi connectivity index (χ4v) is 4.63. The van der Waals surface area contributed by atoms with E-state index in [9.17, 15) is 114 Å². The van der Waals surface area contributed by atoms with Crippen LogP contribution in [0, 0.1) is 0 Å². The summed E-state index contributed by atoms with van der Waals surface area (Å²) < 4.78 is 363. The predicted octanol–water partition coefficient (Wildman–Crippen LogP) is 11.9. The summed E-state index contributed by atoms with van der Waals surface area (Å²) in [5.74, 6) is -79.7. The molecule has 0 saturated carbocycles. The van der Waals surface area contributed by atoms with Crippen LogP contribution in [0.25, 0.3) is 0 Å². The van der Waals surface area contributed by atoms with Crippen LogP contribution in [0.2, 0.25) is 0 Å². The monoisotopic (exact) mass is 856 g/mol. The van der Waals surface area contributed by atoms with Gasteiger partial charge in [-0.2, -0.15) is 114 Å². The highest BCUT2D eigenvalue weighted by molar-refractivity contribution is 5.17. The summed E-state index contributed by atoms with van der Waals surface area (Å²) in [5, 5.41) is 0. The summed E-state index contributed by atoms with van der Waals surface area (Å²) in [4.78, 5) is 0. The first-order valence-corrected chi connectivity index (χ1v) is 13.8. The van der Waals surface area contributed by atoms with Gasteiger partial charge in [-0.15, -0.1) is 0 Å². The zero-order valence-electron chi connectivity index (χ0n) is 25.4. The summed E-state index contributed by atoms with van der Waals surface area (Å²) >= 11 is 0. The van der Waals surface area contributed by atoms with E-state index < -0.39 is 122 Å². The van der Waals surface area contributed by atoms with Crippen LogP contribution in [-0.4, -0.2) is 83.8 Å². The van der Waals surface area contributed by atoms with E-state index in [0.717, 1.165) is 24.3 Å². The Morgan fingerprint density at radius 2 is 0.759 bits per heavy atom. The summed E-state index contributed by atoms with van der Waals surface area (Å²) in [6.45, 7) is -1.12. The first-order valence-electron chi connectivity index (χ1n) is 13.8. The summed E-state index contributed by atoms with van der Waals surface area (Å²) in [5.41, 5.74) is -3.78. The van der Waals surface area contributed by atoms with Gasteiger partial charge in [0.2, 0.25) is 0 Å². The molecule has 54 heavy (non-hydrogen) atoms. The molecule has 1 saturated heterocycles. The summed E-state index contributed by atoms with van der Waals surface area (Å²) in [6.07, 6.45) is -30.5. The summed E-state index contributed by atoms with van der Waals surface area (Å²) in [7, 11) is 0. The molecule has 1 atom stereocenters. The lowest BCUT2D eigenvalue weighted by Crippen LogP contribution is -2.70. The Kier molecular flexibility index (Phi) is 12.1. The molecule has 2 rings (SSSR count). The van der Waals surface area contributed by atoms with Gasteiger partial charge < -0.3 is 9.47 Å². The minimum Gasteiger partial charge on any atom is -0.348 e. The predicted molar refractivity (Wildman–Crippen MR) is 124 cm³/mol. The highest BCUT2D eigenvalue weighted by atomic mass is 19.4. The highest BCUT2D eigenvalue weighted by Gasteiger charge is 2.92. The van der Waals surface area contributed by atoms with Gasteiger partial charge in [0.05, 0.1) is 12.2 Å². The second-order valence-electron chi connectivity index (χ2n) is 11.7. The number of benzene rings is 1. The maximum Gasteiger partial charge on any atom is 0.460 e. The van der Waals surface area contributed by atoms with Crippen LogP contribution in [0.15, 0.2) is 30.3 Å². The number of rotatable bonds is 15. The Balaban J connectivity index is 2.61. The molecular weight excluding hydrogens is 838 g/mol. The van der Waals surface area contributed by atoms with Crippen molar-refractivity contribution in [1.29, 1.82) is 0 Å². The molecule has 2 nitrogen and oxygen atoms in total. The van der Waals surface area contributed by atoms with Gasteiger partial charge in [-0.05, 0) is 12.8 Å². The van der Waals surface area contributed by atoms with Crippen molar-refractivity contribution in [2.24, 2.45) is 0 Å². The van der Waals surface area contributed by atoms with Gasteiger partial charge in [0.1, 0.15) is 0 Å². The normalized spacial score (nSPS) is 19.6. The largest absolute Gasteiger partial charge is 0.460 e. The van der Waals surface area contributed by atoms with E-state index in [4.69, 9.17) is 9.47 Å². The maximum absolute atomic E-state index is 14.6. The van der Waals surface area contributed by atoms with Crippen LogP contribution < -0.4 is 0 Å². The topological polar surface area (TPSA) is 18.5 Å². The first-order chi connectivity index (χ1) is 23.6. The molecule has 1 fully saturated rings. The van der Waals surface area contributed by atoms with Crippen molar-refractivity contribution in [3.63, 3.8) is 0 Å². The average molecular weight is 856 g/mol. The average Bonchev–Trinajstić information content (AvgIpc) is 3.01. The molecule has 28 heteroatoms. The van der Waals surface area contributed by atoms with E-state index in [1.54, 1.807) is 0 Å². The van der Waals surface area contributed by atoms with E-state index in [1.807, 2.05) is 0 Å². The minimum atomic E-state index is -8.39. The van der Waals surface area contributed by atoms with Gasteiger partial charge in [-0.3, -0.25) is 0 Å². The Labute approximate surface area is 282 Å². The highest BCUT2D eigenvalue weighted by Crippen LogP contribution is 2.63. The third kappa shape index (κ3) is 7.33. The van der Waals surface area contributed by atoms with Crippen LogP contribution in [0.3, 0.4) is 0 Å². The Morgan fingerprint density at radius 1 is 0.444 bits per heavy atom. The molecule has 0 aromatic heterocycles. The smallest absolute Gasteiger partial charge is 0.348 e. The SMILES string of the molecule is FC(F)(F)C(F)(F)C(F)(F)C(F)(F)C(F)(F)C(F)(F)CCC1(CCC(F)(F)C(F)(F)C(F)(F)C(F)(F)C(F)(F)C(F)(F)F)CCOC(c2ccccc2)O1. The maximum atomic E-state index is 14.6. The van der Waals surface area contributed by atoms with Crippen molar-refractivity contribution in [3.8, 4) is 0 Å². The van der Waals surface area contributed by atoms with Crippen molar-refractivity contribution in [2.75, 3.05) is 6.61 Å². The van der Waals surface area contributed by atoms with Crippen LogP contribution in [0.5, 0.6) is 0 Å². The lowest BCUT2D eigenvalue weighted by atomic mass is 9.82. The van der Waals surface area contributed by atoms with Crippen molar-refractivity contribution in [3.05, 3.63) is 35.9 Å². The lowest BCUT2D eigenvalue weighted by Gasteiger charge is -2.45. The van der Waals surface area contributed by atoms with E-state index in [1.165, 1.54) is 6.07 Å². The fourth-order valence-electron chi connectivity index (χ4n) is 4.63. The minimum absolute atomic E-state index is 0.364. The zero-order valence-corrected chi connectivity index (χ0v) is 25.4. The second-order valence-corrected chi connectivity index (χ2v) is 11.7. The molecule has 0 N–H and O–H groups in total. The van der Waals surface area contributed by atoms with Gasteiger partial charge >= 0.3 is 71.6 Å². The Hall–Kier alpha value is -2.68. The summed E-state index contributed by atoms with van der Waals surface area (Å²) in [6, 6.07) is 5.26. The second kappa shape index (κ2) is 13.8. The first kappa shape index (κ1) is 47.5. The molecular formula is C26H18F26O2. The standard InChI is InChI=1S/C26H18F26O2/c27-15(28,17(31,32)19(35,36)21(39,40)23(43,44)25(47,48)49)8-6-14(10-11-53-13(54-14)12-4-2-1-3-5-12)7-9-16(29,30)18(33,34)20(37,38)22(41,42)24(45,46)26(50,51)52/h1-5,13H,6-11H2. The van der Waals surface area contributed by atoms with Crippen LogP contribution in [0.1, 0.15) is 44.0 Å². The molecule has 1 aromatic carbocycles. The van der Waals surface area contributed by atoms with Gasteiger partial charge in [0.15, 0.2) is 6.29 Å². The lowest BCUT2D eigenvalue weighted by molar-refractivity contribution is -0.441. The number of hydrogen-bond donors (Lipinski definition) is 0. The molecule has 1 aliphatic rings.